The highest BCUT2D eigenvalue weighted by Gasteiger charge is 2.14. The summed E-state index contributed by atoms with van der Waals surface area (Å²) in [5.41, 5.74) is 13.7. The molecular weight excluding hydrogens is 697 g/mol. The topological polar surface area (TPSA) is 51.6 Å². The molecule has 0 fully saturated rings. The first-order valence-corrected chi connectivity index (χ1v) is 19.4. The number of benzene rings is 7. The monoisotopic (exact) mass is 726 g/mol. The molecule has 0 bridgehead atoms. The van der Waals surface area contributed by atoms with Crippen LogP contribution in [0.1, 0.15) is 0 Å². The Morgan fingerprint density at radius 1 is 0.278 bits per heavy atom. The van der Waals surface area contributed by atoms with Gasteiger partial charge in [-0.2, -0.15) is 0 Å². The second-order valence-electron chi connectivity index (χ2n) is 13.1. The van der Waals surface area contributed by atoms with Crippen molar-refractivity contribution in [3.8, 4) is 77.3 Å². The van der Waals surface area contributed by atoms with Gasteiger partial charge in [-0.1, -0.05) is 152 Å². The summed E-state index contributed by atoms with van der Waals surface area (Å²) in [6.45, 7) is 0. The number of thiazole rings is 2. The van der Waals surface area contributed by atoms with Crippen LogP contribution in [0, 0.1) is 0 Å². The Hall–Kier alpha value is -6.60. The van der Waals surface area contributed by atoms with Crippen molar-refractivity contribution in [2.45, 2.75) is 0 Å². The van der Waals surface area contributed by atoms with E-state index >= 15 is 0 Å². The molecule has 0 saturated heterocycles. The minimum atomic E-state index is 0.680. The summed E-state index contributed by atoms with van der Waals surface area (Å²) in [7, 11) is 0. The Morgan fingerprint density at radius 2 is 0.630 bits per heavy atom. The quantitative estimate of drug-likeness (QED) is 0.164. The molecule has 4 nitrogen and oxygen atoms in total. The third kappa shape index (κ3) is 6.28. The number of aromatic nitrogens is 4. The van der Waals surface area contributed by atoms with E-state index in [0.717, 1.165) is 71.4 Å². The van der Waals surface area contributed by atoms with Gasteiger partial charge in [0.1, 0.15) is 10.0 Å². The van der Waals surface area contributed by atoms with Gasteiger partial charge in [-0.25, -0.2) is 19.9 Å². The molecular formula is C48H30N4S2. The summed E-state index contributed by atoms with van der Waals surface area (Å²) in [5.74, 6) is 0.680. The maximum Gasteiger partial charge on any atom is 0.160 e. The molecule has 0 radical (unpaired) electrons. The molecule has 0 aliphatic rings. The second-order valence-corrected chi connectivity index (χ2v) is 15.2. The second kappa shape index (κ2) is 13.7. The molecule has 0 unspecified atom stereocenters. The van der Waals surface area contributed by atoms with Gasteiger partial charge in [-0.15, -0.1) is 22.7 Å². The predicted octanol–water partition coefficient (Wildman–Crippen LogP) is 13.4. The van der Waals surface area contributed by atoms with Gasteiger partial charge >= 0.3 is 0 Å². The van der Waals surface area contributed by atoms with Crippen LogP contribution >= 0.6 is 22.7 Å². The van der Waals surface area contributed by atoms with Crippen LogP contribution in [-0.2, 0) is 0 Å². The molecule has 0 amide bonds. The molecule has 0 aliphatic heterocycles. The Morgan fingerprint density at radius 3 is 1.07 bits per heavy atom. The molecule has 0 saturated carbocycles. The molecule has 254 valence electrons. The highest BCUT2D eigenvalue weighted by atomic mass is 32.1. The first-order valence-electron chi connectivity index (χ1n) is 17.8. The van der Waals surface area contributed by atoms with Crippen molar-refractivity contribution in [1.82, 2.24) is 19.9 Å². The fraction of sp³-hybridized carbons (Fsp3) is 0. The van der Waals surface area contributed by atoms with E-state index in [4.69, 9.17) is 19.9 Å². The Kier molecular flexibility index (Phi) is 8.17. The molecule has 0 aliphatic carbocycles. The highest BCUT2D eigenvalue weighted by molar-refractivity contribution is 7.22. The first kappa shape index (κ1) is 32.1. The molecule has 3 heterocycles. The number of para-hydroxylation sites is 2. The first-order chi connectivity index (χ1) is 26.7. The minimum absolute atomic E-state index is 0.680. The number of nitrogens with zero attached hydrogens (tertiary/aromatic N) is 4. The average molecular weight is 727 g/mol. The maximum atomic E-state index is 5.14. The summed E-state index contributed by atoms with van der Waals surface area (Å²) in [6, 6.07) is 63.5. The van der Waals surface area contributed by atoms with E-state index in [1.165, 1.54) is 20.5 Å². The van der Waals surface area contributed by atoms with E-state index in [1.54, 1.807) is 22.7 Å². The number of rotatable bonds is 7. The molecule has 54 heavy (non-hydrogen) atoms. The van der Waals surface area contributed by atoms with E-state index in [1.807, 2.05) is 18.2 Å². The lowest BCUT2D eigenvalue weighted by Crippen LogP contribution is -1.96. The summed E-state index contributed by atoms with van der Waals surface area (Å²) in [4.78, 5) is 20.0. The van der Waals surface area contributed by atoms with Crippen molar-refractivity contribution >= 4 is 43.1 Å². The van der Waals surface area contributed by atoms with Crippen LogP contribution in [0.25, 0.3) is 97.7 Å². The lowest BCUT2D eigenvalue weighted by molar-refractivity contribution is 1.18. The zero-order valence-corrected chi connectivity index (χ0v) is 30.6. The van der Waals surface area contributed by atoms with Crippen LogP contribution in [0.5, 0.6) is 0 Å². The lowest BCUT2D eigenvalue weighted by atomic mass is 9.99. The van der Waals surface area contributed by atoms with Gasteiger partial charge in [-0.3, -0.25) is 0 Å². The van der Waals surface area contributed by atoms with Crippen LogP contribution in [0.3, 0.4) is 0 Å². The van der Waals surface area contributed by atoms with Crippen LogP contribution in [0.15, 0.2) is 182 Å². The van der Waals surface area contributed by atoms with Gasteiger partial charge in [0.15, 0.2) is 5.82 Å². The lowest BCUT2D eigenvalue weighted by Gasteiger charge is -2.11. The highest BCUT2D eigenvalue weighted by Crippen LogP contribution is 2.35. The number of fused-ring (bicyclic) bond motifs is 2. The molecule has 6 heteroatoms. The molecule has 10 rings (SSSR count). The van der Waals surface area contributed by atoms with Crippen LogP contribution in [0.2, 0.25) is 0 Å². The van der Waals surface area contributed by atoms with E-state index in [-0.39, 0.29) is 0 Å². The zero-order valence-electron chi connectivity index (χ0n) is 28.9. The van der Waals surface area contributed by atoms with Gasteiger partial charge in [0.2, 0.25) is 0 Å². The van der Waals surface area contributed by atoms with Crippen molar-refractivity contribution in [2.75, 3.05) is 0 Å². The molecule has 0 N–H and O–H groups in total. The normalized spacial score (nSPS) is 11.3. The fourth-order valence-corrected chi connectivity index (χ4v) is 8.67. The molecule has 0 atom stereocenters. The smallest absolute Gasteiger partial charge is 0.160 e. The van der Waals surface area contributed by atoms with Crippen molar-refractivity contribution in [3.63, 3.8) is 0 Å². The molecule has 7 aromatic carbocycles. The number of hydrogen-bond acceptors (Lipinski definition) is 6. The average Bonchev–Trinajstić information content (AvgIpc) is 3.90. The summed E-state index contributed by atoms with van der Waals surface area (Å²) < 4.78 is 2.37. The van der Waals surface area contributed by atoms with Crippen molar-refractivity contribution < 1.29 is 0 Å². The summed E-state index contributed by atoms with van der Waals surface area (Å²) in [6.07, 6.45) is 0. The third-order valence-corrected chi connectivity index (χ3v) is 11.8. The van der Waals surface area contributed by atoms with Gasteiger partial charge < -0.3 is 0 Å². The Bertz CT molecular complexity index is 2690. The van der Waals surface area contributed by atoms with Crippen molar-refractivity contribution in [3.05, 3.63) is 182 Å². The minimum Gasteiger partial charge on any atom is -0.236 e. The summed E-state index contributed by atoms with van der Waals surface area (Å²) in [5, 5.41) is 2.02. The number of hydrogen-bond donors (Lipinski definition) is 0. The molecule has 10 aromatic rings. The van der Waals surface area contributed by atoms with Crippen molar-refractivity contribution in [2.24, 2.45) is 0 Å². The third-order valence-electron chi connectivity index (χ3n) is 9.64. The predicted molar refractivity (Wildman–Crippen MR) is 226 cm³/mol. The van der Waals surface area contributed by atoms with Gasteiger partial charge in [0.05, 0.1) is 31.8 Å². The van der Waals surface area contributed by atoms with Crippen LogP contribution in [0.4, 0.5) is 0 Å². The maximum absolute atomic E-state index is 5.14. The van der Waals surface area contributed by atoms with Crippen LogP contribution < -0.4 is 0 Å². The van der Waals surface area contributed by atoms with Gasteiger partial charge in [-0.05, 0) is 52.6 Å². The molecule has 3 aromatic heterocycles. The van der Waals surface area contributed by atoms with E-state index in [2.05, 4.69) is 164 Å². The van der Waals surface area contributed by atoms with Gasteiger partial charge in [0.25, 0.3) is 0 Å². The van der Waals surface area contributed by atoms with Crippen LogP contribution in [-0.4, -0.2) is 19.9 Å². The standard InChI is InChI=1S/C48H30N4S2/c1-2-8-31(9-3-1)32-14-16-33(17-15-32)34-18-24-37(25-19-34)46-49-42(35-20-26-38(27-21-35)47-51-40-10-4-6-12-44(40)53-47)30-43(50-46)36-22-28-39(29-23-36)48-52-41-11-5-7-13-45(41)54-48/h1-30H. The zero-order chi connectivity index (χ0) is 35.8. The van der Waals surface area contributed by atoms with E-state index < -0.39 is 0 Å². The van der Waals surface area contributed by atoms with E-state index in [0.29, 0.717) is 5.82 Å². The molecule has 0 spiro atoms. The van der Waals surface area contributed by atoms with Crippen molar-refractivity contribution in [1.29, 1.82) is 0 Å². The largest absolute Gasteiger partial charge is 0.236 e. The van der Waals surface area contributed by atoms with Gasteiger partial charge in [0, 0.05) is 27.8 Å². The Balaban J connectivity index is 0.998. The Labute approximate surface area is 320 Å². The van der Waals surface area contributed by atoms with E-state index in [9.17, 15) is 0 Å². The fourth-order valence-electron chi connectivity index (χ4n) is 6.73. The summed E-state index contributed by atoms with van der Waals surface area (Å²) >= 11 is 3.42. The SMILES string of the molecule is c1ccc(-c2ccc(-c3ccc(-c4nc(-c5ccc(-c6nc7ccccc7s6)cc5)cc(-c5ccc(-c6nc7ccccc7s6)cc5)n4)cc3)cc2)cc1.